The predicted molar refractivity (Wildman–Crippen MR) is 172 cm³/mol. The van der Waals surface area contributed by atoms with Crippen LogP contribution in [0.2, 0.25) is 0 Å². The minimum absolute atomic E-state index is 0.00366. The lowest BCUT2D eigenvalue weighted by molar-refractivity contribution is 0.660. The van der Waals surface area contributed by atoms with E-state index in [0.717, 1.165) is 12.1 Å². The molecule has 0 saturated heterocycles. The molecule has 0 bridgehead atoms. The molecule has 1 aliphatic carbocycles. The third-order valence-electron chi connectivity index (χ3n) is 8.92. The molecule has 6 rings (SSSR count). The van der Waals surface area contributed by atoms with Gasteiger partial charge < -0.3 is 4.90 Å². The van der Waals surface area contributed by atoms with Crippen LogP contribution in [0.1, 0.15) is 67.9 Å². The highest BCUT2D eigenvalue weighted by atomic mass is 15.1. The van der Waals surface area contributed by atoms with Crippen LogP contribution in [0.3, 0.4) is 0 Å². The second kappa shape index (κ2) is 10.1. The van der Waals surface area contributed by atoms with Crippen LogP contribution in [-0.4, -0.2) is 0 Å². The molecule has 0 aromatic heterocycles. The van der Waals surface area contributed by atoms with E-state index in [1.165, 1.54) is 61.4 Å². The number of rotatable bonds is 6. The van der Waals surface area contributed by atoms with E-state index < -0.39 is 0 Å². The number of aryl methyl sites for hydroxylation is 2. The van der Waals surface area contributed by atoms with Gasteiger partial charge in [-0.1, -0.05) is 106 Å². The van der Waals surface area contributed by atoms with Gasteiger partial charge in [0.05, 0.1) is 0 Å². The Labute approximate surface area is 240 Å². The van der Waals surface area contributed by atoms with Crippen LogP contribution >= 0.6 is 0 Å². The zero-order chi connectivity index (χ0) is 28.0. The highest BCUT2D eigenvalue weighted by molar-refractivity contribution is 5.84. The van der Waals surface area contributed by atoms with E-state index >= 15 is 0 Å². The average molecular weight is 522 g/mol. The molecule has 1 aliphatic rings. The van der Waals surface area contributed by atoms with E-state index in [0.29, 0.717) is 5.92 Å². The summed E-state index contributed by atoms with van der Waals surface area (Å²) in [6.45, 7) is 13.6. The quantitative estimate of drug-likeness (QED) is 0.215. The van der Waals surface area contributed by atoms with Crippen LogP contribution in [0.5, 0.6) is 0 Å². The minimum atomic E-state index is -0.00366. The molecule has 5 aromatic rings. The number of hydrogen-bond donors (Lipinski definition) is 0. The first kappa shape index (κ1) is 26.1. The zero-order valence-corrected chi connectivity index (χ0v) is 24.6. The molecular formula is C39H39N. The molecule has 0 heterocycles. The van der Waals surface area contributed by atoms with Crippen molar-refractivity contribution in [3.8, 4) is 22.3 Å². The molecule has 40 heavy (non-hydrogen) atoms. The number of fused-ring (bicyclic) bond motifs is 3. The summed E-state index contributed by atoms with van der Waals surface area (Å²) in [7, 11) is 0. The van der Waals surface area contributed by atoms with Gasteiger partial charge in [0.2, 0.25) is 0 Å². The van der Waals surface area contributed by atoms with Gasteiger partial charge in [-0.05, 0) is 108 Å². The molecule has 5 aromatic carbocycles. The fourth-order valence-corrected chi connectivity index (χ4v) is 6.16. The third-order valence-corrected chi connectivity index (χ3v) is 8.92. The Hall–Kier alpha value is -4.10. The van der Waals surface area contributed by atoms with Crippen molar-refractivity contribution >= 4 is 17.1 Å². The van der Waals surface area contributed by atoms with Crippen molar-refractivity contribution in [3.05, 3.63) is 137 Å². The fourth-order valence-electron chi connectivity index (χ4n) is 6.16. The molecule has 0 radical (unpaired) electrons. The molecular weight excluding hydrogens is 482 g/mol. The van der Waals surface area contributed by atoms with Gasteiger partial charge in [0.1, 0.15) is 0 Å². The van der Waals surface area contributed by atoms with Gasteiger partial charge in [0.15, 0.2) is 0 Å². The lowest BCUT2D eigenvalue weighted by Crippen LogP contribution is -2.15. The first-order valence-electron chi connectivity index (χ1n) is 14.6. The maximum atomic E-state index is 2.41. The van der Waals surface area contributed by atoms with Crippen molar-refractivity contribution in [1.29, 1.82) is 0 Å². The van der Waals surface area contributed by atoms with Gasteiger partial charge in [0.25, 0.3) is 0 Å². The normalized spacial score (nSPS) is 13.9. The second-order valence-electron chi connectivity index (χ2n) is 12.1. The smallest absolute Gasteiger partial charge is 0.0462 e. The number of hydrogen-bond acceptors (Lipinski definition) is 1. The average Bonchev–Trinajstić information content (AvgIpc) is 3.20. The molecule has 0 amide bonds. The number of benzene rings is 5. The Morgan fingerprint density at radius 2 is 1.05 bits per heavy atom. The lowest BCUT2D eigenvalue weighted by Gasteiger charge is -2.26. The summed E-state index contributed by atoms with van der Waals surface area (Å²) in [6.07, 6.45) is 1.15. The molecule has 0 fully saturated rings. The summed E-state index contributed by atoms with van der Waals surface area (Å²) in [6, 6.07) is 40.8. The summed E-state index contributed by atoms with van der Waals surface area (Å²) in [5, 5.41) is 0. The predicted octanol–water partition coefficient (Wildman–Crippen LogP) is 11.3. The molecule has 0 saturated carbocycles. The van der Waals surface area contributed by atoms with E-state index in [1.807, 2.05) is 0 Å². The van der Waals surface area contributed by atoms with E-state index in [-0.39, 0.29) is 5.41 Å². The van der Waals surface area contributed by atoms with Crippen molar-refractivity contribution in [2.75, 3.05) is 4.90 Å². The molecule has 1 heteroatoms. The van der Waals surface area contributed by atoms with Gasteiger partial charge in [-0.3, -0.25) is 0 Å². The molecule has 200 valence electrons. The minimum Gasteiger partial charge on any atom is -0.311 e. The van der Waals surface area contributed by atoms with Gasteiger partial charge in [-0.2, -0.15) is 0 Å². The van der Waals surface area contributed by atoms with Gasteiger partial charge in [-0.15, -0.1) is 0 Å². The standard InChI is InChI=1S/C39H39N/c1-7-28(4)29-11-18-33(19-12-29)40(32-16-8-26(2)9-17-32)34-20-13-30(14-21-34)31-15-23-36-35-22-10-27(3)24-37(35)39(5,6)38(36)25-31/h8-25,28H,7H2,1-6H3. The number of nitrogens with zero attached hydrogens (tertiary/aromatic N) is 1. The SMILES string of the molecule is CCC(C)c1ccc(N(c2ccc(C)cc2)c2ccc(-c3ccc4c(c3)C(C)(C)c3cc(C)ccc3-4)cc2)cc1. The summed E-state index contributed by atoms with van der Waals surface area (Å²) < 4.78 is 0. The Kier molecular flexibility index (Phi) is 6.62. The molecule has 1 atom stereocenters. The molecule has 0 spiro atoms. The largest absolute Gasteiger partial charge is 0.311 e. The van der Waals surface area contributed by atoms with Gasteiger partial charge >= 0.3 is 0 Å². The molecule has 1 nitrogen and oxygen atoms in total. The van der Waals surface area contributed by atoms with Crippen LogP contribution in [-0.2, 0) is 5.41 Å². The summed E-state index contributed by atoms with van der Waals surface area (Å²) in [5.74, 6) is 0.565. The Balaban J connectivity index is 1.36. The van der Waals surface area contributed by atoms with E-state index in [9.17, 15) is 0 Å². The topological polar surface area (TPSA) is 3.24 Å². The van der Waals surface area contributed by atoms with Crippen LogP contribution in [0.15, 0.2) is 109 Å². The van der Waals surface area contributed by atoms with Crippen molar-refractivity contribution in [3.63, 3.8) is 0 Å². The van der Waals surface area contributed by atoms with Crippen molar-refractivity contribution < 1.29 is 0 Å². The first-order valence-corrected chi connectivity index (χ1v) is 14.6. The first-order chi connectivity index (χ1) is 19.3. The van der Waals surface area contributed by atoms with Crippen LogP contribution in [0.25, 0.3) is 22.3 Å². The molecule has 0 N–H and O–H groups in total. The fraction of sp³-hybridized carbons (Fsp3) is 0.231. The Morgan fingerprint density at radius 3 is 1.65 bits per heavy atom. The lowest BCUT2D eigenvalue weighted by atomic mass is 9.81. The van der Waals surface area contributed by atoms with Gasteiger partial charge in [0, 0.05) is 22.5 Å². The maximum absolute atomic E-state index is 2.41. The maximum Gasteiger partial charge on any atom is 0.0462 e. The van der Waals surface area contributed by atoms with Crippen LogP contribution in [0.4, 0.5) is 17.1 Å². The summed E-state index contributed by atoms with van der Waals surface area (Å²) in [4.78, 5) is 2.36. The summed E-state index contributed by atoms with van der Waals surface area (Å²) in [5.41, 5.74) is 15.6. The molecule has 1 unspecified atom stereocenters. The van der Waals surface area contributed by atoms with Crippen LogP contribution in [0, 0.1) is 13.8 Å². The Morgan fingerprint density at radius 1 is 0.575 bits per heavy atom. The van der Waals surface area contributed by atoms with E-state index in [2.05, 4.69) is 156 Å². The van der Waals surface area contributed by atoms with Crippen molar-refractivity contribution in [1.82, 2.24) is 0 Å². The van der Waals surface area contributed by atoms with E-state index in [4.69, 9.17) is 0 Å². The monoisotopic (exact) mass is 521 g/mol. The third kappa shape index (κ3) is 4.54. The highest BCUT2D eigenvalue weighted by Gasteiger charge is 2.35. The van der Waals surface area contributed by atoms with Crippen molar-refractivity contribution in [2.45, 2.75) is 59.3 Å². The Bertz CT molecular complexity index is 1650. The zero-order valence-electron chi connectivity index (χ0n) is 24.6. The second-order valence-corrected chi connectivity index (χ2v) is 12.1. The van der Waals surface area contributed by atoms with Crippen molar-refractivity contribution in [2.24, 2.45) is 0 Å². The summed E-state index contributed by atoms with van der Waals surface area (Å²) >= 11 is 0. The highest BCUT2D eigenvalue weighted by Crippen LogP contribution is 2.50. The number of anilines is 3. The van der Waals surface area contributed by atoms with Crippen LogP contribution < -0.4 is 4.90 Å². The van der Waals surface area contributed by atoms with E-state index in [1.54, 1.807) is 0 Å². The molecule has 0 aliphatic heterocycles. The van der Waals surface area contributed by atoms with Gasteiger partial charge in [-0.25, -0.2) is 0 Å².